The summed E-state index contributed by atoms with van der Waals surface area (Å²) in [5.41, 5.74) is 5.44. The predicted molar refractivity (Wildman–Crippen MR) is 58.6 cm³/mol. The highest BCUT2D eigenvalue weighted by Gasteiger charge is 2.24. The van der Waals surface area contributed by atoms with Gasteiger partial charge in [0.15, 0.2) is 0 Å². The number of aliphatic carboxylic acids is 1. The molecule has 1 aliphatic heterocycles. The number of nitrogens with two attached hydrogens (primary N) is 1. The molecule has 1 unspecified atom stereocenters. The minimum absolute atomic E-state index is 0.206. The van der Waals surface area contributed by atoms with E-state index in [1.807, 2.05) is 11.8 Å². The molecule has 0 spiro atoms. The second kappa shape index (κ2) is 6.27. The number of hydrogen-bond acceptors (Lipinski definition) is 4. The molecule has 82 valence electrons. The van der Waals surface area contributed by atoms with E-state index < -0.39 is 5.97 Å². The number of carbonyl (C=O) groups is 1. The summed E-state index contributed by atoms with van der Waals surface area (Å²) in [6.45, 7) is 2.63. The Morgan fingerprint density at radius 2 is 2.43 bits per heavy atom. The van der Waals surface area contributed by atoms with Crippen LogP contribution in [0.2, 0.25) is 0 Å². The van der Waals surface area contributed by atoms with Gasteiger partial charge in [0.2, 0.25) is 0 Å². The molecule has 5 heteroatoms. The van der Waals surface area contributed by atoms with Gasteiger partial charge in [0, 0.05) is 24.1 Å². The van der Waals surface area contributed by atoms with E-state index in [1.54, 1.807) is 0 Å². The number of hydrogen-bond donors (Lipinski definition) is 2. The normalized spacial score (nSPS) is 23.6. The van der Waals surface area contributed by atoms with Crippen LogP contribution >= 0.6 is 11.8 Å². The summed E-state index contributed by atoms with van der Waals surface area (Å²) in [5, 5.41) is 8.75. The van der Waals surface area contributed by atoms with E-state index in [2.05, 4.69) is 4.90 Å². The third-order valence-electron chi connectivity index (χ3n) is 2.41. The molecule has 0 aromatic heterocycles. The van der Waals surface area contributed by atoms with Gasteiger partial charge in [0.05, 0.1) is 6.42 Å². The van der Waals surface area contributed by atoms with Crippen molar-refractivity contribution in [2.24, 2.45) is 5.73 Å². The lowest BCUT2D eigenvalue weighted by Crippen LogP contribution is -2.44. The summed E-state index contributed by atoms with van der Waals surface area (Å²) in [7, 11) is 0. The van der Waals surface area contributed by atoms with Crippen LogP contribution in [-0.2, 0) is 4.79 Å². The molecule has 4 nitrogen and oxygen atoms in total. The van der Waals surface area contributed by atoms with Gasteiger partial charge in [-0.15, -0.1) is 0 Å². The Kier molecular flexibility index (Phi) is 5.29. The van der Waals surface area contributed by atoms with Crippen LogP contribution in [-0.4, -0.2) is 53.2 Å². The first kappa shape index (κ1) is 11.8. The Hall–Kier alpha value is -0.260. The maximum Gasteiger partial charge on any atom is 0.304 e. The first-order valence-corrected chi connectivity index (χ1v) is 6.13. The zero-order chi connectivity index (χ0) is 10.4. The van der Waals surface area contributed by atoms with Crippen LogP contribution in [0, 0.1) is 0 Å². The highest BCUT2D eigenvalue weighted by atomic mass is 32.2. The molecule has 1 heterocycles. The average molecular weight is 218 g/mol. The molecule has 0 radical (unpaired) electrons. The fraction of sp³-hybridized carbons (Fsp3) is 0.889. The maximum absolute atomic E-state index is 10.6. The van der Waals surface area contributed by atoms with Gasteiger partial charge < -0.3 is 10.8 Å². The molecular formula is C9H18N2O2S. The van der Waals surface area contributed by atoms with Crippen molar-refractivity contribution in [1.29, 1.82) is 0 Å². The fourth-order valence-electron chi connectivity index (χ4n) is 1.67. The Morgan fingerprint density at radius 3 is 3.07 bits per heavy atom. The Balaban J connectivity index is 2.37. The van der Waals surface area contributed by atoms with Crippen LogP contribution in [0.4, 0.5) is 0 Å². The van der Waals surface area contributed by atoms with E-state index in [0.29, 0.717) is 6.54 Å². The van der Waals surface area contributed by atoms with Crippen LogP contribution in [0.1, 0.15) is 12.8 Å². The number of nitrogens with zero attached hydrogens (tertiary/aromatic N) is 1. The standard InChI is InChI=1S/C9H18N2O2S/c10-2-1-3-11-4-5-14-7-8(11)6-9(12)13/h8H,1-7,10H2,(H,12,13). The summed E-state index contributed by atoms with van der Waals surface area (Å²) in [6, 6.07) is 0.206. The first-order chi connectivity index (χ1) is 6.74. The van der Waals surface area contributed by atoms with Gasteiger partial charge in [0.1, 0.15) is 0 Å². The van der Waals surface area contributed by atoms with Crippen molar-refractivity contribution in [2.75, 3.05) is 31.1 Å². The van der Waals surface area contributed by atoms with Crippen LogP contribution in [0.5, 0.6) is 0 Å². The van der Waals surface area contributed by atoms with Gasteiger partial charge in [-0.2, -0.15) is 11.8 Å². The zero-order valence-electron chi connectivity index (χ0n) is 8.32. The van der Waals surface area contributed by atoms with Gasteiger partial charge in [-0.1, -0.05) is 0 Å². The molecule has 0 aromatic carbocycles. The lowest BCUT2D eigenvalue weighted by Gasteiger charge is -2.34. The Morgan fingerprint density at radius 1 is 1.64 bits per heavy atom. The minimum Gasteiger partial charge on any atom is -0.481 e. The average Bonchev–Trinajstić information content (AvgIpc) is 2.16. The van der Waals surface area contributed by atoms with E-state index in [9.17, 15) is 4.79 Å². The molecule has 0 amide bonds. The topological polar surface area (TPSA) is 66.6 Å². The fourth-order valence-corrected chi connectivity index (χ4v) is 2.80. The minimum atomic E-state index is -0.699. The number of carboxylic acid groups (broad SMARTS) is 1. The van der Waals surface area contributed by atoms with Crippen LogP contribution in [0.3, 0.4) is 0 Å². The van der Waals surface area contributed by atoms with Crippen LogP contribution in [0.25, 0.3) is 0 Å². The van der Waals surface area contributed by atoms with E-state index in [4.69, 9.17) is 10.8 Å². The number of rotatable bonds is 5. The third-order valence-corrected chi connectivity index (χ3v) is 3.50. The number of carboxylic acids is 1. The van der Waals surface area contributed by atoms with Crippen molar-refractivity contribution in [3.63, 3.8) is 0 Å². The summed E-state index contributed by atoms with van der Waals surface area (Å²) < 4.78 is 0. The molecule has 1 rings (SSSR count). The quantitative estimate of drug-likeness (QED) is 0.691. The predicted octanol–water partition coefficient (Wildman–Crippen LogP) is 0.227. The number of thioether (sulfide) groups is 1. The van der Waals surface area contributed by atoms with Crippen molar-refractivity contribution in [3.05, 3.63) is 0 Å². The molecule has 0 saturated carbocycles. The first-order valence-electron chi connectivity index (χ1n) is 4.97. The third kappa shape index (κ3) is 3.86. The lowest BCUT2D eigenvalue weighted by atomic mass is 10.2. The SMILES string of the molecule is NCCCN1CCSCC1CC(=O)O. The molecule has 0 bridgehead atoms. The van der Waals surface area contributed by atoms with E-state index in [0.717, 1.165) is 31.0 Å². The molecule has 1 aliphatic rings. The highest BCUT2D eigenvalue weighted by Crippen LogP contribution is 2.18. The van der Waals surface area contributed by atoms with E-state index in [1.165, 1.54) is 0 Å². The van der Waals surface area contributed by atoms with Gasteiger partial charge in [-0.05, 0) is 19.5 Å². The highest BCUT2D eigenvalue weighted by molar-refractivity contribution is 7.99. The molecule has 1 saturated heterocycles. The smallest absolute Gasteiger partial charge is 0.304 e. The van der Waals surface area contributed by atoms with E-state index >= 15 is 0 Å². The van der Waals surface area contributed by atoms with E-state index in [-0.39, 0.29) is 12.5 Å². The Bertz CT molecular complexity index is 190. The molecule has 1 fully saturated rings. The van der Waals surface area contributed by atoms with Gasteiger partial charge >= 0.3 is 5.97 Å². The molecular weight excluding hydrogens is 200 g/mol. The van der Waals surface area contributed by atoms with Crippen molar-refractivity contribution >= 4 is 17.7 Å². The second-order valence-corrected chi connectivity index (χ2v) is 4.65. The largest absolute Gasteiger partial charge is 0.481 e. The zero-order valence-corrected chi connectivity index (χ0v) is 9.13. The maximum atomic E-state index is 10.6. The van der Waals surface area contributed by atoms with Crippen molar-refractivity contribution < 1.29 is 9.90 Å². The van der Waals surface area contributed by atoms with Crippen molar-refractivity contribution in [1.82, 2.24) is 4.90 Å². The van der Waals surface area contributed by atoms with Gasteiger partial charge in [-0.25, -0.2) is 0 Å². The molecule has 14 heavy (non-hydrogen) atoms. The summed E-state index contributed by atoms with van der Waals surface area (Å²) in [4.78, 5) is 12.9. The summed E-state index contributed by atoms with van der Waals surface area (Å²) in [5.74, 6) is 1.35. The van der Waals surface area contributed by atoms with Crippen LogP contribution in [0.15, 0.2) is 0 Å². The van der Waals surface area contributed by atoms with Crippen LogP contribution < -0.4 is 5.73 Å². The van der Waals surface area contributed by atoms with Crippen molar-refractivity contribution in [2.45, 2.75) is 18.9 Å². The lowest BCUT2D eigenvalue weighted by molar-refractivity contribution is -0.138. The van der Waals surface area contributed by atoms with Gasteiger partial charge in [-0.3, -0.25) is 9.69 Å². The molecule has 3 N–H and O–H groups in total. The monoisotopic (exact) mass is 218 g/mol. The summed E-state index contributed by atoms with van der Waals surface area (Å²) >= 11 is 1.85. The Labute approximate surface area is 88.8 Å². The molecule has 0 aromatic rings. The second-order valence-electron chi connectivity index (χ2n) is 3.50. The molecule has 1 atom stereocenters. The summed E-state index contributed by atoms with van der Waals surface area (Å²) in [6.07, 6.45) is 1.22. The van der Waals surface area contributed by atoms with Gasteiger partial charge in [0.25, 0.3) is 0 Å². The van der Waals surface area contributed by atoms with Crippen molar-refractivity contribution in [3.8, 4) is 0 Å². The molecule has 0 aliphatic carbocycles.